The molecule has 1 saturated carbocycles. The van der Waals surface area contributed by atoms with Gasteiger partial charge in [-0.15, -0.1) is 0 Å². The number of benzene rings is 1. The predicted octanol–water partition coefficient (Wildman–Crippen LogP) is 3.76. The van der Waals surface area contributed by atoms with Gasteiger partial charge in [0.1, 0.15) is 13.2 Å². The quantitative estimate of drug-likeness (QED) is 0.919. The molecular formula is C18H27NO2. The first-order valence-electron chi connectivity index (χ1n) is 8.14. The minimum atomic E-state index is 0.460. The highest BCUT2D eigenvalue weighted by Crippen LogP contribution is 2.38. The summed E-state index contributed by atoms with van der Waals surface area (Å²) in [6.45, 7) is 9.37. The van der Waals surface area contributed by atoms with E-state index >= 15 is 0 Å². The van der Waals surface area contributed by atoms with E-state index in [-0.39, 0.29) is 0 Å². The average molecular weight is 289 g/mol. The van der Waals surface area contributed by atoms with Gasteiger partial charge < -0.3 is 14.8 Å². The largest absolute Gasteiger partial charge is 0.486 e. The first-order chi connectivity index (χ1) is 10.0. The maximum absolute atomic E-state index is 5.65. The van der Waals surface area contributed by atoms with Crippen molar-refractivity contribution in [3.8, 4) is 11.5 Å². The molecule has 0 amide bonds. The monoisotopic (exact) mass is 289 g/mol. The number of nitrogens with one attached hydrogen (secondary N) is 1. The van der Waals surface area contributed by atoms with Crippen molar-refractivity contribution in [2.45, 2.75) is 52.6 Å². The van der Waals surface area contributed by atoms with Crippen LogP contribution in [0.4, 0.5) is 0 Å². The first-order valence-corrected chi connectivity index (χ1v) is 8.14. The summed E-state index contributed by atoms with van der Waals surface area (Å²) in [6.07, 6.45) is 3.89. The third-order valence-corrected chi connectivity index (χ3v) is 4.59. The van der Waals surface area contributed by atoms with Crippen LogP contribution in [0.1, 0.15) is 45.6 Å². The van der Waals surface area contributed by atoms with Gasteiger partial charge in [0.05, 0.1) is 0 Å². The molecule has 0 radical (unpaired) electrons. The fraction of sp³-hybridized carbons (Fsp3) is 0.667. The van der Waals surface area contributed by atoms with Crippen molar-refractivity contribution < 1.29 is 9.47 Å². The van der Waals surface area contributed by atoms with Gasteiger partial charge in [0, 0.05) is 12.6 Å². The van der Waals surface area contributed by atoms with Crippen LogP contribution in [0.25, 0.3) is 0 Å². The molecule has 1 N–H and O–H groups in total. The molecule has 3 heteroatoms. The van der Waals surface area contributed by atoms with Gasteiger partial charge in [0.15, 0.2) is 11.5 Å². The van der Waals surface area contributed by atoms with Crippen LogP contribution in [0.5, 0.6) is 11.5 Å². The molecule has 1 aromatic rings. The number of ether oxygens (including phenoxy) is 2. The van der Waals surface area contributed by atoms with E-state index in [0.29, 0.717) is 24.7 Å². The summed E-state index contributed by atoms with van der Waals surface area (Å²) < 4.78 is 11.2. The van der Waals surface area contributed by atoms with Crippen molar-refractivity contribution in [2.75, 3.05) is 13.2 Å². The molecular weight excluding hydrogens is 262 g/mol. The predicted molar refractivity (Wildman–Crippen MR) is 84.9 cm³/mol. The van der Waals surface area contributed by atoms with Gasteiger partial charge in [-0.25, -0.2) is 0 Å². The Hall–Kier alpha value is -1.22. The standard InChI is InChI=1S/C18H27NO2/c1-13-8-15(11-18(2,3)10-13)19-12-14-4-5-16-17(9-14)21-7-6-20-16/h4-5,9,13,15,19H,6-8,10-12H2,1-3H3. The van der Waals surface area contributed by atoms with Gasteiger partial charge in [-0.2, -0.15) is 0 Å². The average Bonchev–Trinajstić information content (AvgIpc) is 2.43. The Morgan fingerprint density at radius 1 is 1.14 bits per heavy atom. The SMILES string of the molecule is CC1CC(NCc2ccc3c(c2)OCCO3)CC(C)(C)C1. The normalized spacial score (nSPS) is 27.4. The number of hydrogen-bond donors (Lipinski definition) is 1. The Bertz CT molecular complexity index is 498. The summed E-state index contributed by atoms with van der Waals surface area (Å²) in [5.41, 5.74) is 1.73. The lowest BCUT2D eigenvalue weighted by Crippen LogP contribution is -2.39. The summed E-state index contributed by atoms with van der Waals surface area (Å²) in [5.74, 6) is 2.57. The van der Waals surface area contributed by atoms with Crippen molar-refractivity contribution in [1.29, 1.82) is 0 Å². The third-order valence-electron chi connectivity index (χ3n) is 4.59. The minimum Gasteiger partial charge on any atom is -0.486 e. The Kier molecular flexibility index (Phi) is 4.12. The highest BCUT2D eigenvalue weighted by molar-refractivity contribution is 5.43. The third kappa shape index (κ3) is 3.70. The maximum Gasteiger partial charge on any atom is 0.161 e. The molecule has 3 rings (SSSR count). The minimum absolute atomic E-state index is 0.460. The summed E-state index contributed by atoms with van der Waals surface area (Å²) >= 11 is 0. The van der Waals surface area contributed by atoms with E-state index in [2.05, 4.69) is 38.2 Å². The van der Waals surface area contributed by atoms with Gasteiger partial charge in [-0.1, -0.05) is 26.8 Å². The lowest BCUT2D eigenvalue weighted by atomic mass is 9.70. The molecule has 1 aliphatic heterocycles. The molecule has 0 saturated heterocycles. The summed E-state index contributed by atoms with van der Waals surface area (Å²) in [7, 11) is 0. The molecule has 0 aromatic heterocycles. The van der Waals surface area contributed by atoms with Crippen LogP contribution in [0, 0.1) is 11.3 Å². The molecule has 0 bridgehead atoms. The van der Waals surface area contributed by atoms with E-state index in [9.17, 15) is 0 Å². The lowest BCUT2D eigenvalue weighted by molar-refractivity contribution is 0.150. The molecule has 2 atom stereocenters. The van der Waals surface area contributed by atoms with Gasteiger partial charge in [0.2, 0.25) is 0 Å². The van der Waals surface area contributed by atoms with E-state index in [1.807, 2.05) is 6.07 Å². The molecule has 2 aliphatic rings. The topological polar surface area (TPSA) is 30.5 Å². The van der Waals surface area contributed by atoms with E-state index in [0.717, 1.165) is 24.0 Å². The Morgan fingerprint density at radius 2 is 1.90 bits per heavy atom. The van der Waals surface area contributed by atoms with Crippen LogP contribution in [0.2, 0.25) is 0 Å². The van der Waals surface area contributed by atoms with E-state index < -0.39 is 0 Å². The van der Waals surface area contributed by atoms with Crippen molar-refractivity contribution >= 4 is 0 Å². The number of rotatable bonds is 3. The van der Waals surface area contributed by atoms with Crippen molar-refractivity contribution in [3.05, 3.63) is 23.8 Å². The second-order valence-electron chi connectivity index (χ2n) is 7.47. The van der Waals surface area contributed by atoms with E-state index in [4.69, 9.17) is 9.47 Å². The molecule has 1 aromatic carbocycles. The van der Waals surface area contributed by atoms with E-state index in [1.165, 1.54) is 24.8 Å². The molecule has 21 heavy (non-hydrogen) atoms. The highest BCUT2D eigenvalue weighted by Gasteiger charge is 2.31. The second-order valence-corrected chi connectivity index (χ2v) is 7.47. The first kappa shape index (κ1) is 14.7. The summed E-state index contributed by atoms with van der Waals surface area (Å²) in [6, 6.07) is 6.90. The number of fused-ring (bicyclic) bond motifs is 1. The number of hydrogen-bond acceptors (Lipinski definition) is 3. The van der Waals surface area contributed by atoms with Gasteiger partial charge in [0.25, 0.3) is 0 Å². The molecule has 116 valence electrons. The zero-order chi connectivity index (χ0) is 14.9. The second kappa shape index (κ2) is 5.88. The molecule has 0 spiro atoms. The van der Waals surface area contributed by atoms with Crippen molar-refractivity contribution in [2.24, 2.45) is 11.3 Å². The summed E-state index contributed by atoms with van der Waals surface area (Å²) in [5, 5.41) is 3.73. The van der Waals surface area contributed by atoms with Crippen LogP contribution < -0.4 is 14.8 Å². The van der Waals surface area contributed by atoms with Gasteiger partial charge >= 0.3 is 0 Å². The summed E-state index contributed by atoms with van der Waals surface area (Å²) in [4.78, 5) is 0. The molecule has 1 heterocycles. The van der Waals surface area contributed by atoms with Crippen LogP contribution in [-0.4, -0.2) is 19.3 Å². The molecule has 2 unspecified atom stereocenters. The fourth-order valence-electron chi connectivity index (χ4n) is 3.96. The van der Waals surface area contributed by atoms with Crippen LogP contribution >= 0.6 is 0 Å². The molecule has 1 aliphatic carbocycles. The zero-order valence-corrected chi connectivity index (χ0v) is 13.4. The Labute approximate surface area is 128 Å². The van der Waals surface area contributed by atoms with E-state index in [1.54, 1.807) is 0 Å². The smallest absolute Gasteiger partial charge is 0.161 e. The van der Waals surface area contributed by atoms with Crippen LogP contribution in [0.3, 0.4) is 0 Å². The Balaban J connectivity index is 1.60. The zero-order valence-electron chi connectivity index (χ0n) is 13.4. The van der Waals surface area contributed by atoms with Crippen molar-refractivity contribution in [3.63, 3.8) is 0 Å². The lowest BCUT2D eigenvalue weighted by Gasteiger charge is -2.39. The van der Waals surface area contributed by atoms with Gasteiger partial charge in [-0.3, -0.25) is 0 Å². The Morgan fingerprint density at radius 3 is 2.67 bits per heavy atom. The highest BCUT2D eigenvalue weighted by atomic mass is 16.6. The van der Waals surface area contributed by atoms with Gasteiger partial charge in [-0.05, 0) is 48.3 Å². The fourth-order valence-corrected chi connectivity index (χ4v) is 3.96. The molecule has 1 fully saturated rings. The van der Waals surface area contributed by atoms with Crippen LogP contribution in [0.15, 0.2) is 18.2 Å². The van der Waals surface area contributed by atoms with Crippen molar-refractivity contribution in [1.82, 2.24) is 5.32 Å². The van der Waals surface area contributed by atoms with Crippen LogP contribution in [-0.2, 0) is 6.54 Å². The maximum atomic E-state index is 5.65. The molecule has 3 nitrogen and oxygen atoms in total.